The summed E-state index contributed by atoms with van der Waals surface area (Å²) in [5.41, 5.74) is 1.48. The summed E-state index contributed by atoms with van der Waals surface area (Å²) < 4.78 is 26.3. The van der Waals surface area contributed by atoms with Crippen molar-refractivity contribution in [3.05, 3.63) is 29.3 Å². The van der Waals surface area contributed by atoms with E-state index in [0.717, 1.165) is 5.56 Å². The Hall–Kier alpha value is -1.84. The maximum atomic E-state index is 12.1. The molecule has 0 fully saturated rings. The number of benzene rings is 1. The van der Waals surface area contributed by atoms with Crippen LogP contribution in [-0.2, 0) is 14.8 Å². The summed E-state index contributed by atoms with van der Waals surface area (Å²) in [5.74, 6) is 0.839. The van der Waals surface area contributed by atoms with E-state index in [1.54, 1.807) is 19.1 Å². The average Bonchev–Trinajstić information content (AvgIpc) is 2.27. The SMILES string of the molecule is C#CCC(NS(=O)(=O)c1ccc(C)cc1C)C(=O)O. The standard InChI is InChI=1S/C13H15NO4S/c1-4-5-11(13(15)16)14-19(17,18)12-7-6-9(2)8-10(12)3/h1,6-8,11,14H,5H2,2-3H3,(H,15,16). The highest BCUT2D eigenvalue weighted by Crippen LogP contribution is 2.17. The van der Waals surface area contributed by atoms with Crippen LogP contribution in [0.15, 0.2) is 23.1 Å². The maximum absolute atomic E-state index is 12.1. The number of rotatable bonds is 5. The Balaban J connectivity index is 3.11. The van der Waals surface area contributed by atoms with Crippen LogP contribution < -0.4 is 4.72 Å². The summed E-state index contributed by atoms with van der Waals surface area (Å²) >= 11 is 0. The minimum absolute atomic E-state index is 0.0568. The number of hydrogen-bond donors (Lipinski definition) is 2. The van der Waals surface area contributed by atoms with Gasteiger partial charge in [-0.2, -0.15) is 4.72 Å². The first-order chi connectivity index (χ1) is 8.77. The van der Waals surface area contributed by atoms with Crippen LogP contribution in [-0.4, -0.2) is 25.5 Å². The van der Waals surface area contributed by atoms with Gasteiger partial charge in [-0.1, -0.05) is 17.7 Å². The van der Waals surface area contributed by atoms with E-state index in [2.05, 4.69) is 10.6 Å². The highest BCUT2D eigenvalue weighted by Gasteiger charge is 2.25. The molecule has 1 aromatic rings. The van der Waals surface area contributed by atoms with Gasteiger partial charge in [0.25, 0.3) is 0 Å². The zero-order valence-corrected chi connectivity index (χ0v) is 11.5. The monoisotopic (exact) mass is 281 g/mol. The maximum Gasteiger partial charge on any atom is 0.322 e. The molecule has 102 valence electrons. The summed E-state index contributed by atoms with van der Waals surface area (Å²) in [6, 6.07) is 3.49. The molecule has 0 saturated heterocycles. The van der Waals surface area contributed by atoms with E-state index in [4.69, 9.17) is 11.5 Å². The molecule has 0 amide bonds. The molecule has 0 radical (unpaired) electrons. The molecule has 0 aliphatic carbocycles. The number of aryl methyl sites for hydroxylation is 2. The molecule has 0 saturated carbocycles. The lowest BCUT2D eigenvalue weighted by atomic mass is 10.2. The van der Waals surface area contributed by atoms with Crippen LogP contribution in [0, 0.1) is 26.2 Å². The molecule has 1 aromatic carbocycles. The molecule has 1 atom stereocenters. The molecule has 6 heteroatoms. The van der Waals surface area contributed by atoms with Crippen molar-refractivity contribution in [2.24, 2.45) is 0 Å². The Kier molecular flexibility index (Phi) is 4.70. The molecule has 1 unspecified atom stereocenters. The summed E-state index contributed by atoms with van der Waals surface area (Å²) in [5, 5.41) is 8.91. The summed E-state index contributed by atoms with van der Waals surface area (Å²) in [6.45, 7) is 3.49. The normalized spacial score (nSPS) is 12.7. The second-order valence-electron chi connectivity index (χ2n) is 4.19. The number of sulfonamides is 1. The lowest BCUT2D eigenvalue weighted by Gasteiger charge is -2.14. The van der Waals surface area contributed by atoms with Crippen LogP contribution in [0.2, 0.25) is 0 Å². The van der Waals surface area contributed by atoms with Crippen LogP contribution >= 0.6 is 0 Å². The number of carbonyl (C=O) groups is 1. The molecule has 0 aromatic heterocycles. The van der Waals surface area contributed by atoms with Crippen LogP contribution in [0.4, 0.5) is 0 Å². The summed E-state index contributed by atoms with van der Waals surface area (Å²) in [6.07, 6.45) is 4.82. The van der Waals surface area contributed by atoms with Gasteiger partial charge in [-0.3, -0.25) is 4.79 Å². The molecule has 1 rings (SSSR count). The zero-order valence-electron chi connectivity index (χ0n) is 10.7. The van der Waals surface area contributed by atoms with Crippen LogP contribution in [0.3, 0.4) is 0 Å². The number of hydrogen-bond acceptors (Lipinski definition) is 3. The number of nitrogens with one attached hydrogen (secondary N) is 1. The molecule has 0 bridgehead atoms. The molecule has 5 nitrogen and oxygen atoms in total. The minimum Gasteiger partial charge on any atom is -0.480 e. The second kappa shape index (κ2) is 5.87. The number of aliphatic carboxylic acids is 1. The third kappa shape index (κ3) is 3.81. The lowest BCUT2D eigenvalue weighted by Crippen LogP contribution is -2.40. The smallest absolute Gasteiger partial charge is 0.322 e. The van der Waals surface area contributed by atoms with Crippen molar-refractivity contribution in [1.82, 2.24) is 4.72 Å². The highest BCUT2D eigenvalue weighted by molar-refractivity contribution is 7.89. The fourth-order valence-corrected chi connectivity index (χ4v) is 3.06. The Morgan fingerprint density at radius 2 is 2.11 bits per heavy atom. The van der Waals surface area contributed by atoms with Gasteiger partial charge < -0.3 is 5.11 Å². The van der Waals surface area contributed by atoms with E-state index >= 15 is 0 Å². The van der Waals surface area contributed by atoms with Crippen molar-refractivity contribution in [3.63, 3.8) is 0 Å². The second-order valence-corrected chi connectivity index (χ2v) is 5.87. The van der Waals surface area contributed by atoms with E-state index < -0.39 is 22.0 Å². The number of carboxylic acids is 1. The summed E-state index contributed by atoms with van der Waals surface area (Å²) in [7, 11) is -3.90. The van der Waals surface area contributed by atoms with Gasteiger partial charge in [-0.25, -0.2) is 8.42 Å². The van der Waals surface area contributed by atoms with E-state index in [9.17, 15) is 13.2 Å². The highest BCUT2D eigenvalue weighted by atomic mass is 32.2. The topological polar surface area (TPSA) is 83.5 Å². The van der Waals surface area contributed by atoms with Crippen LogP contribution in [0.1, 0.15) is 17.5 Å². The Labute approximate surface area is 112 Å². The van der Waals surface area contributed by atoms with Crippen LogP contribution in [0.5, 0.6) is 0 Å². The van der Waals surface area contributed by atoms with Crippen molar-refractivity contribution in [2.45, 2.75) is 31.2 Å². The molecule has 0 aliphatic heterocycles. The van der Waals surface area contributed by atoms with E-state index in [1.165, 1.54) is 6.07 Å². The van der Waals surface area contributed by atoms with Gasteiger partial charge in [0.1, 0.15) is 6.04 Å². The van der Waals surface area contributed by atoms with E-state index in [0.29, 0.717) is 5.56 Å². The molecule has 2 N–H and O–H groups in total. The van der Waals surface area contributed by atoms with Crippen LogP contribution in [0.25, 0.3) is 0 Å². The van der Waals surface area contributed by atoms with Crippen molar-refractivity contribution >= 4 is 16.0 Å². The predicted molar refractivity (Wildman–Crippen MR) is 71.1 cm³/mol. The molecule has 0 spiro atoms. The first kappa shape index (κ1) is 15.2. The molecular formula is C13H15NO4S. The molecular weight excluding hydrogens is 266 g/mol. The largest absolute Gasteiger partial charge is 0.480 e. The van der Waals surface area contributed by atoms with Gasteiger partial charge in [-0.05, 0) is 25.5 Å². The lowest BCUT2D eigenvalue weighted by molar-refractivity contribution is -0.138. The third-order valence-electron chi connectivity index (χ3n) is 2.54. The van der Waals surface area contributed by atoms with Crippen molar-refractivity contribution < 1.29 is 18.3 Å². The Morgan fingerprint density at radius 3 is 2.58 bits per heavy atom. The minimum atomic E-state index is -3.90. The Morgan fingerprint density at radius 1 is 1.47 bits per heavy atom. The third-order valence-corrected chi connectivity index (χ3v) is 4.17. The van der Waals surface area contributed by atoms with E-state index in [-0.39, 0.29) is 11.3 Å². The molecule has 19 heavy (non-hydrogen) atoms. The fraction of sp³-hybridized carbons (Fsp3) is 0.308. The Bertz CT molecular complexity index is 629. The van der Waals surface area contributed by atoms with Gasteiger partial charge in [-0.15, -0.1) is 12.3 Å². The number of carboxylic acid groups (broad SMARTS) is 1. The first-order valence-electron chi connectivity index (χ1n) is 5.54. The van der Waals surface area contributed by atoms with Crippen molar-refractivity contribution in [2.75, 3.05) is 0 Å². The zero-order chi connectivity index (χ0) is 14.6. The van der Waals surface area contributed by atoms with E-state index in [1.807, 2.05) is 6.92 Å². The summed E-state index contributed by atoms with van der Waals surface area (Å²) in [4.78, 5) is 11.0. The van der Waals surface area contributed by atoms with Crippen molar-refractivity contribution in [1.29, 1.82) is 0 Å². The average molecular weight is 281 g/mol. The first-order valence-corrected chi connectivity index (χ1v) is 7.02. The predicted octanol–water partition coefficient (Wildman–Crippen LogP) is 1.06. The van der Waals surface area contributed by atoms with Gasteiger partial charge in [0.15, 0.2) is 0 Å². The van der Waals surface area contributed by atoms with Gasteiger partial charge in [0.05, 0.1) is 4.90 Å². The van der Waals surface area contributed by atoms with Gasteiger partial charge in [0.2, 0.25) is 10.0 Å². The molecule has 0 heterocycles. The quantitative estimate of drug-likeness (QED) is 0.790. The fourth-order valence-electron chi connectivity index (χ4n) is 1.65. The van der Waals surface area contributed by atoms with Gasteiger partial charge in [0, 0.05) is 6.42 Å². The van der Waals surface area contributed by atoms with Gasteiger partial charge >= 0.3 is 5.97 Å². The molecule has 0 aliphatic rings. The van der Waals surface area contributed by atoms with Crippen molar-refractivity contribution in [3.8, 4) is 12.3 Å². The number of terminal acetylenes is 1.